The van der Waals surface area contributed by atoms with Gasteiger partial charge in [0, 0.05) is 20.1 Å². The summed E-state index contributed by atoms with van der Waals surface area (Å²) in [6.45, 7) is 1.20. The highest BCUT2D eigenvalue weighted by Gasteiger charge is 2.28. The molecule has 1 saturated heterocycles. The second-order valence-corrected chi connectivity index (χ2v) is 8.68. The molecule has 1 amide bonds. The Labute approximate surface area is 155 Å². The summed E-state index contributed by atoms with van der Waals surface area (Å²) in [7, 11) is -2.19. The first-order chi connectivity index (χ1) is 12.5. The van der Waals surface area contributed by atoms with E-state index in [-0.39, 0.29) is 17.3 Å². The van der Waals surface area contributed by atoms with Gasteiger partial charge in [-0.15, -0.1) is 0 Å². The van der Waals surface area contributed by atoms with Crippen LogP contribution in [0.5, 0.6) is 0 Å². The molecular formula is C20H24N2O3S. The lowest BCUT2D eigenvalue weighted by molar-refractivity contribution is -0.132. The van der Waals surface area contributed by atoms with Gasteiger partial charge < -0.3 is 4.90 Å². The maximum absolute atomic E-state index is 12.5. The quantitative estimate of drug-likeness (QED) is 0.811. The number of benzene rings is 2. The smallest absolute Gasteiger partial charge is 0.243 e. The van der Waals surface area contributed by atoms with Gasteiger partial charge in [-0.2, -0.15) is 4.31 Å². The zero-order valence-electron chi connectivity index (χ0n) is 14.9. The van der Waals surface area contributed by atoms with Gasteiger partial charge >= 0.3 is 0 Å². The largest absolute Gasteiger partial charge is 0.342 e. The van der Waals surface area contributed by atoms with E-state index in [1.54, 1.807) is 35.2 Å². The van der Waals surface area contributed by atoms with Gasteiger partial charge in [-0.25, -0.2) is 8.42 Å². The third-order valence-electron chi connectivity index (χ3n) is 4.93. The summed E-state index contributed by atoms with van der Waals surface area (Å²) in [5.41, 5.74) is 1.31. The number of amides is 1. The van der Waals surface area contributed by atoms with Crippen molar-refractivity contribution in [3.8, 4) is 0 Å². The maximum Gasteiger partial charge on any atom is 0.243 e. The lowest BCUT2D eigenvalue weighted by Gasteiger charge is -2.33. The Morgan fingerprint density at radius 3 is 2.12 bits per heavy atom. The van der Waals surface area contributed by atoms with E-state index in [1.165, 1.54) is 12.6 Å². The first-order valence-electron chi connectivity index (χ1n) is 8.82. The van der Waals surface area contributed by atoms with Crippen LogP contribution in [-0.4, -0.2) is 50.2 Å². The molecule has 0 N–H and O–H groups in total. The molecule has 26 heavy (non-hydrogen) atoms. The second-order valence-electron chi connectivity index (χ2n) is 6.64. The molecule has 0 bridgehead atoms. The molecule has 3 rings (SSSR count). The maximum atomic E-state index is 12.5. The Bertz CT molecular complexity index is 830. The molecule has 0 atom stereocenters. The molecule has 0 spiro atoms. The minimum atomic E-state index is -3.64. The Hall–Kier alpha value is -2.18. The molecule has 0 unspecified atom stereocenters. The topological polar surface area (TPSA) is 57.7 Å². The molecule has 2 aromatic rings. The normalized spacial score (nSPS) is 16.0. The molecule has 1 aliphatic heterocycles. The zero-order valence-corrected chi connectivity index (χ0v) is 15.7. The monoisotopic (exact) mass is 372 g/mol. The summed E-state index contributed by atoms with van der Waals surface area (Å²) in [5.74, 6) is 0.324. The van der Waals surface area contributed by atoms with E-state index in [2.05, 4.69) is 12.1 Å². The molecule has 138 valence electrons. The van der Waals surface area contributed by atoms with Crippen LogP contribution in [0.3, 0.4) is 0 Å². The van der Waals surface area contributed by atoms with Crippen LogP contribution in [-0.2, 0) is 14.8 Å². The fraction of sp³-hybridized carbons (Fsp3) is 0.350. The average molecular weight is 372 g/mol. The highest BCUT2D eigenvalue weighted by Crippen LogP contribution is 2.27. The summed E-state index contributed by atoms with van der Waals surface area (Å²) < 4.78 is 26.2. The number of carbonyl (C=O) groups excluding carboxylic acids is 1. The zero-order chi connectivity index (χ0) is 18.6. The van der Waals surface area contributed by atoms with Gasteiger partial charge in [0.1, 0.15) is 0 Å². The van der Waals surface area contributed by atoms with Crippen LogP contribution in [0.1, 0.15) is 24.3 Å². The number of likely N-dealkylation sites (N-methyl/N-ethyl adjacent to an activating group) is 1. The van der Waals surface area contributed by atoms with Gasteiger partial charge in [-0.1, -0.05) is 48.5 Å². The first-order valence-corrected chi connectivity index (χ1v) is 10.3. The summed E-state index contributed by atoms with van der Waals surface area (Å²) in [5, 5.41) is 0. The van der Waals surface area contributed by atoms with Crippen molar-refractivity contribution in [3.63, 3.8) is 0 Å². The van der Waals surface area contributed by atoms with Crippen LogP contribution in [0, 0.1) is 0 Å². The van der Waals surface area contributed by atoms with Crippen LogP contribution >= 0.6 is 0 Å². The van der Waals surface area contributed by atoms with E-state index in [4.69, 9.17) is 0 Å². The lowest BCUT2D eigenvalue weighted by atomic mass is 9.89. The molecule has 0 aromatic heterocycles. The van der Waals surface area contributed by atoms with Crippen molar-refractivity contribution in [1.82, 2.24) is 9.21 Å². The van der Waals surface area contributed by atoms with Gasteiger partial charge in [0.15, 0.2) is 0 Å². The molecule has 1 aliphatic rings. The number of rotatable bonds is 5. The molecule has 1 fully saturated rings. The first kappa shape index (κ1) is 18.6. The number of hydrogen-bond acceptors (Lipinski definition) is 3. The van der Waals surface area contributed by atoms with Gasteiger partial charge in [0.25, 0.3) is 0 Å². The van der Waals surface area contributed by atoms with Crippen LogP contribution in [0.25, 0.3) is 0 Å². The fourth-order valence-electron chi connectivity index (χ4n) is 3.34. The molecule has 6 heteroatoms. The Morgan fingerprint density at radius 2 is 1.54 bits per heavy atom. The summed E-state index contributed by atoms with van der Waals surface area (Å²) in [4.78, 5) is 14.5. The van der Waals surface area contributed by atoms with Crippen molar-refractivity contribution in [2.24, 2.45) is 0 Å². The molecule has 2 aromatic carbocycles. The van der Waals surface area contributed by atoms with E-state index >= 15 is 0 Å². The van der Waals surface area contributed by atoms with E-state index in [9.17, 15) is 13.2 Å². The minimum Gasteiger partial charge on any atom is -0.342 e. The van der Waals surface area contributed by atoms with Gasteiger partial charge in [0.05, 0.1) is 11.4 Å². The molecule has 0 saturated carbocycles. The summed E-state index contributed by atoms with van der Waals surface area (Å²) in [6.07, 6.45) is 1.82. The predicted molar refractivity (Wildman–Crippen MR) is 101 cm³/mol. The molecule has 0 aliphatic carbocycles. The van der Waals surface area contributed by atoms with Gasteiger partial charge in [0.2, 0.25) is 15.9 Å². The third kappa shape index (κ3) is 4.14. The third-order valence-corrected chi connectivity index (χ3v) is 6.75. The number of piperidine rings is 1. The lowest BCUT2D eigenvalue weighted by Crippen LogP contribution is -2.44. The molecular weight excluding hydrogens is 348 g/mol. The van der Waals surface area contributed by atoms with Crippen LogP contribution in [0.4, 0.5) is 0 Å². The predicted octanol–water partition coefficient (Wildman–Crippen LogP) is 2.71. The second kappa shape index (κ2) is 8.01. The van der Waals surface area contributed by atoms with Crippen molar-refractivity contribution < 1.29 is 13.2 Å². The van der Waals surface area contributed by atoms with E-state index < -0.39 is 10.0 Å². The number of likely N-dealkylation sites (tertiary alicyclic amines) is 1. The van der Waals surface area contributed by atoms with Crippen molar-refractivity contribution in [2.45, 2.75) is 23.7 Å². The Balaban J connectivity index is 1.57. The molecule has 1 heterocycles. The van der Waals surface area contributed by atoms with Crippen molar-refractivity contribution in [2.75, 3.05) is 26.7 Å². The van der Waals surface area contributed by atoms with Crippen LogP contribution in [0.2, 0.25) is 0 Å². The summed E-state index contributed by atoms with van der Waals surface area (Å²) >= 11 is 0. The SMILES string of the molecule is CN(CC(=O)N1CCC(c2ccccc2)CC1)S(=O)(=O)c1ccccc1. The standard InChI is InChI=1S/C20H24N2O3S/c1-21(26(24,25)19-10-6-3-7-11-19)16-20(23)22-14-12-18(13-15-22)17-8-4-2-5-9-17/h2-11,18H,12-16H2,1H3. The van der Waals surface area contributed by atoms with E-state index in [0.29, 0.717) is 19.0 Å². The summed E-state index contributed by atoms with van der Waals surface area (Å²) in [6, 6.07) is 18.5. The Kier molecular flexibility index (Phi) is 5.74. The minimum absolute atomic E-state index is 0.132. The highest BCUT2D eigenvalue weighted by molar-refractivity contribution is 7.89. The number of sulfonamides is 1. The molecule has 5 nitrogen and oxygen atoms in total. The van der Waals surface area contributed by atoms with Gasteiger partial charge in [-0.05, 0) is 36.5 Å². The fourth-order valence-corrected chi connectivity index (χ4v) is 4.48. The Morgan fingerprint density at radius 1 is 1.00 bits per heavy atom. The van der Waals surface area contributed by atoms with Crippen molar-refractivity contribution in [3.05, 3.63) is 66.2 Å². The number of nitrogens with zero attached hydrogens (tertiary/aromatic N) is 2. The van der Waals surface area contributed by atoms with Gasteiger partial charge in [-0.3, -0.25) is 4.79 Å². The van der Waals surface area contributed by atoms with E-state index in [1.807, 2.05) is 18.2 Å². The van der Waals surface area contributed by atoms with Crippen LogP contribution in [0.15, 0.2) is 65.6 Å². The highest BCUT2D eigenvalue weighted by atomic mass is 32.2. The number of hydrogen-bond donors (Lipinski definition) is 0. The van der Waals surface area contributed by atoms with Crippen molar-refractivity contribution in [1.29, 1.82) is 0 Å². The number of carbonyl (C=O) groups is 1. The molecule has 0 radical (unpaired) electrons. The van der Waals surface area contributed by atoms with Crippen LogP contribution < -0.4 is 0 Å². The van der Waals surface area contributed by atoms with Crippen molar-refractivity contribution >= 4 is 15.9 Å². The average Bonchev–Trinajstić information content (AvgIpc) is 2.69. The van der Waals surface area contributed by atoms with E-state index in [0.717, 1.165) is 17.1 Å².